The number of aromatic nitrogens is 2. The van der Waals surface area contributed by atoms with Gasteiger partial charge in [0.1, 0.15) is 5.82 Å². The van der Waals surface area contributed by atoms with E-state index in [1.165, 1.54) is 21.2 Å². The number of H-pyrrole nitrogens is 1. The largest absolute Gasteiger partial charge is 0.383 e. The molecule has 1 fully saturated rings. The standard InChI is InChI=1S/C22H28Cl2N4O3S/c1-2-3-11-27-20(25)19(21(30)26-22(27)31)28(14-7-4-5-8-14)18(29)13-32-12-15-16(23)9-6-10-17(15)24/h6,9-10,14H,2-5,7-8,11-13,25H2,1H3,(H,26,30,31). The lowest BCUT2D eigenvalue weighted by Gasteiger charge is -2.30. The zero-order valence-corrected chi connectivity index (χ0v) is 20.4. The summed E-state index contributed by atoms with van der Waals surface area (Å²) in [5.74, 6) is 0.421. The van der Waals surface area contributed by atoms with Crippen molar-refractivity contribution in [1.82, 2.24) is 9.55 Å². The van der Waals surface area contributed by atoms with Crippen LogP contribution in [0.1, 0.15) is 51.0 Å². The maximum absolute atomic E-state index is 13.3. The van der Waals surface area contributed by atoms with Gasteiger partial charge in [0.15, 0.2) is 5.69 Å². The Morgan fingerprint density at radius 2 is 1.91 bits per heavy atom. The summed E-state index contributed by atoms with van der Waals surface area (Å²) in [4.78, 5) is 42.3. The molecule has 3 N–H and O–H groups in total. The third kappa shape index (κ3) is 5.53. The van der Waals surface area contributed by atoms with E-state index in [1.807, 2.05) is 6.92 Å². The van der Waals surface area contributed by atoms with E-state index in [4.69, 9.17) is 28.9 Å². The van der Waals surface area contributed by atoms with Crippen molar-refractivity contribution in [3.63, 3.8) is 0 Å². The van der Waals surface area contributed by atoms with Crippen LogP contribution in [-0.2, 0) is 17.1 Å². The number of amides is 1. The zero-order chi connectivity index (χ0) is 23.3. The third-order valence-corrected chi connectivity index (χ3v) is 7.33. The molecular formula is C22H28Cl2N4O3S. The predicted molar refractivity (Wildman–Crippen MR) is 133 cm³/mol. The molecule has 1 aliphatic carbocycles. The highest BCUT2D eigenvalue weighted by atomic mass is 35.5. The number of carbonyl (C=O) groups is 1. The maximum Gasteiger partial charge on any atom is 0.330 e. The Hall–Kier alpha value is -1.90. The lowest BCUT2D eigenvalue weighted by Crippen LogP contribution is -2.46. The topological polar surface area (TPSA) is 101 Å². The molecule has 0 radical (unpaired) electrons. The van der Waals surface area contributed by atoms with Crippen molar-refractivity contribution in [2.24, 2.45) is 0 Å². The van der Waals surface area contributed by atoms with Crippen molar-refractivity contribution in [2.75, 3.05) is 16.4 Å². The number of aromatic amines is 1. The molecule has 1 saturated carbocycles. The van der Waals surface area contributed by atoms with Crippen LogP contribution in [0.3, 0.4) is 0 Å². The minimum absolute atomic E-state index is 0.0478. The first-order valence-electron chi connectivity index (χ1n) is 10.8. The highest BCUT2D eigenvalue weighted by Crippen LogP contribution is 2.32. The number of hydrogen-bond acceptors (Lipinski definition) is 5. The number of anilines is 2. The Balaban J connectivity index is 1.88. The third-order valence-electron chi connectivity index (χ3n) is 5.68. The van der Waals surface area contributed by atoms with Gasteiger partial charge < -0.3 is 10.6 Å². The van der Waals surface area contributed by atoms with Gasteiger partial charge in [-0.15, -0.1) is 11.8 Å². The summed E-state index contributed by atoms with van der Waals surface area (Å²) in [5, 5.41) is 1.10. The van der Waals surface area contributed by atoms with Gasteiger partial charge in [-0.1, -0.05) is 55.5 Å². The molecule has 1 aromatic carbocycles. The summed E-state index contributed by atoms with van der Waals surface area (Å²) in [6.07, 6.45) is 5.14. The Morgan fingerprint density at radius 1 is 1.25 bits per heavy atom. The first kappa shape index (κ1) is 24.7. The van der Waals surface area contributed by atoms with Crippen LogP contribution in [0.4, 0.5) is 11.5 Å². The van der Waals surface area contributed by atoms with Gasteiger partial charge in [-0.2, -0.15) is 0 Å². The minimum atomic E-state index is -0.625. The summed E-state index contributed by atoms with van der Waals surface area (Å²) in [6.45, 7) is 2.39. The minimum Gasteiger partial charge on any atom is -0.383 e. The average molecular weight is 499 g/mol. The fourth-order valence-corrected chi connectivity index (χ4v) is 5.62. The number of thioether (sulfide) groups is 1. The van der Waals surface area contributed by atoms with Gasteiger partial charge >= 0.3 is 5.69 Å². The van der Waals surface area contributed by atoms with E-state index in [-0.39, 0.29) is 29.2 Å². The molecule has 1 heterocycles. The Morgan fingerprint density at radius 3 is 2.53 bits per heavy atom. The van der Waals surface area contributed by atoms with Gasteiger partial charge in [-0.3, -0.25) is 19.1 Å². The fraction of sp³-hybridized carbons (Fsp3) is 0.500. The molecule has 0 saturated heterocycles. The van der Waals surface area contributed by atoms with Crippen LogP contribution in [0.25, 0.3) is 0 Å². The summed E-state index contributed by atoms with van der Waals surface area (Å²) >= 11 is 13.8. The molecule has 0 aliphatic heterocycles. The number of benzene rings is 1. The number of rotatable bonds is 9. The number of unbranched alkanes of at least 4 members (excludes halogenated alkanes) is 1. The Kier molecular flexibility index (Phi) is 8.73. The van der Waals surface area contributed by atoms with Gasteiger partial charge in [0.2, 0.25) is 5.91 Å². The molecule has 1 aromatic heterocycles. The molecule has 0 atom stereocenters. The first-order chi connectivity index (χ1) is 15.3. The van der Waals surface area contributed by atoms with Crippen LogP contribution < -0.4 is 21.9 Å². The van der Waals surface area contributed by atoms with Gasteiger partial charge in [0.25, 0.3) is 5.56 Å². The quantitative estimate of drug-likeness (QED) is 0.532. The summed E-state index contributed by atoms with van der Waals surface area (Å²) in [7, 11) is 0. The smallest absolute Gasteiger partial charge is 0.330 e. The van der Waals surface area contributed by atoms with Crippen LogP contribution in [0, 0.1) is 0 Å². The van der Waals surface area contributed by atoms with E-state index in [0.29, 0.717) is 22.3 Å². The Labute approximate surface area is 201 Å². The normalized spacial score (nSPS) is 14.1. The number of hydrogen-bond donors (Lipinski definition) is 2. The van der Waals surface area contributed by atoms with Crippen molar-refractivity contribution < 1.29 is 4.79 Å². The summed E-state index contributed by atoms with van der Waals surface area (Å²) in [5.41, 5.74) is 5.97. The van der Waals surface area contributed by atoms with Crippen LogP contribution in [0.15, 0.2) is 27.8 Å². The number of nitrogens with two attached hydrogens (primary N) is 1. The number of nitrogens with one attached hydrogen (secondary N) is 1. The molecular weight excluding hydrogens is 471 g/mol. The summed E-state index contributed by atoms with van der Waals surface area (Å²) < 4.78 is 1.35. The van der Waals surface area contributed by atoms with E-state index in [0.717, 1.165) is 44.1 Å². The van der Waals surface area contributed by atoms with E-state index in [9.17, 15) is 14.4 Å². The summed E-state index contributed by atoms with van der Waals surface area (Å²) in [6, 6.07) is 5.17. The van der Waals surface area contributed by atoms with Crippen molar-refractivity contribution >= 4 is 52.4 Å². The van der Waals surface area contributed by atoms with Gasteiger partial charge in [-0.25, -0.2) is 4.79 Å². The first-order valence-corrected chi connectivity index (χ1v) is 12.7. The molecule has 10 heteroatoms. The van der Waals surface area contributed by atoms with E-state index < -0.39 is 11.2 Å². The predicted octanol–water partition coefficient (Wildman–Crippen LogP) is 4.43. The van der Waals surface area contributed by atoms with Crippen molar-refractivity contribution in [2.45, 2.75) is 63.8 Å². The van der Waals surface area contributed by atoms with E-state index in [1.54, 1.807) is 18.2 Å². The van der Waals surface area contributed by atoms with Crippen molar-refractivity contribution in [1.29, 1.82) is 0 Å². The molecule has 0 bridgehead atoms. The van der Waals surface area contributed by atoms with Gasteiger partial charge in [0.05, 0.1) is 5.75 Å². The second-order valence-corrected chi connectivity index (χ2v) is 9.69. The lowest BCUT2D eigenvalue weighted by atomic mass is 10.2. The number of nitrogens with zero attached hydrogens (tertiary/aromatic N) is 2. The van der Waals surface area contributed by atoms with E-state index >= 15 is 0 Å². The molecule has 174 valence electrons. The number of nitrogen functional groups attached to an aromatic ring is 1. The van der Waals surface area contributed by atoms with E-state index in [2.05, 4.69) is 4.98 Å². The SMILES string of the molecule is CCCCn1c(N)c(N(C(=O)CSCc2c(Cl)cccc2Cl)C2CCCC2)c(=O)[nH]c1=O. The van der Waals surface area contributed by atoms with Crippen molar-refractivity contribution in [3.05, 3.63) is 54.6 Å². The fourth-order valence-electron chi connectivity index (χ4n) is 4.00. The number of carbonyl (C=O) groups excluding carboxylic acids is 1. The molecule has 3 rings (SSSR count). The molecule has 1 amide bonds. The van der Waals surface area contributed by atoms with Crippen molar-refractivity contribution in [3.8, 4) is 0 Å². The second-order valence-electron chi connectivity index (χ2n) is 7.89. The molecule has 7 nitrogen and oxygen atoms in total. The van der Waals surface area contributed by atoms with Crippen LogP contribution in [-0.4, -0.2) is 27.3 Å². The molecule has 1 aliphatic rings. The highest BCUT2D eigenvalue weighted by molar-refractivity contribution is 7.99. The van der Waals surface area contributed by atoms with Crippen LogP contribution >= 0.6 is 35.0 Å². The van der Waals surface area contributed by atoms with Gasteiger partial charge in [-0.05, 0) is 37.0 Å². The Bertz CT molecular complexity index is 1060. The second kappa shape index (κ2) is 11.3. The van der Waals surface area contributed by atoms with Crippen LogP contribution in [0.2, 0.25) is 10.0 Å². The average Bonchev–Trinajstić information content (AvgIpc) is 3.27. The highest BCUT2D eigenvalue weighted by Gasteiger charge is 2.32. The molecule has 0 unspecified atom stereocenters. The lowest BCUT2D eigenvalue weighted by molar-refractivity contribution is -0.116. The van der Waals surface area contributed by atoms with Gasteiger partial charge in [0, 0.05) is 28.4 Å². The molecule has 0 spiro atoms. The monoisotopic (exact) mass is 498 g/mol. The molecule has 32 heavy (non-hydrogen) atoms. The van der Waals surface area contributed by atoms with Crippen LogP contribution in [0.5, 0.6) is 0 Å². The number of halogens is 2. The molecule has 2 aromatic rings. The zero-order valence-electron chi connectivity index (χ0n) is 18.0. The maximum atomic E-state index is 13.3.